The Kier molecular flexibility index (Phi) is 15.5. The van der Waals surface area contributed by atoms with Gasteiger partial charge in [0.25, 0.3) is 0 Å². The fraction of sp³-hybridized carbons (Fsp3) is 0.392. The Morgan fingerprint density at radius 3 is 1.93 bits per heavy atom. The van der Waals surface area contributed by atoms with E-state index in [1.807, 2.05) is 71.0 Å². The number of aryl methyl sites for hydroxylation is 1. The number of aromatic nitrogens is 2. The molecule has 0 saturated carbocycles. The van der Waals surface area contributed by atoms with Crippen LogP contribution in [-0.2, 0) is 36.7 Å². The second-order valence-electron chi connectivity index (χ2n) is 17.2. The standard InChI is InChI=1S/C38H34F3N2.C13H24O2.Ir/c1-23-33(21-35(43-42-23)29-19-25-9-7-8-10-32(25)34(20-29)36(2,3)4)28-14-16-31-27(18-28)13-12-26-17-24(11-15-30(26)31)22-37(5,6)38(39,40)41;1-5-10(6-2)12(14)9-13(15)11(7-3)8-4;/h7-18,20-21H,22H2,1-6H3;9-11,14H,5-8H2,1-4H3;/q-1;;/b;12-9-;. The van der Waals surface area contributed by atoms with Gasteiger partial charge in [-0.15, -0.1) is 29.1 Å². The fourth-order valence-corrected chi connectivity index (χ4v) is 7.65. The minimum absolute atomic E-state index is 0. The molecule has 0 aliphatic heterocycles. The molecule has 0 unspecified atom stereocenters. The van der Waals surface area contributed by atoms with E-state index in [0.717, 1.165) is 80.7 Å². The van der Waals surface area contributed by atoms with E-state index in [2.05, 4.69) is 85.6 Å². The van der Waals surface area contributed by atoms with E-state index in [4.69, 9.17) is 0 Å². The first kappa shape index (κ1) is 47.3. The summed E-state index contributed by atoms with van der Waals surface area (Å²) in [5.41, 5.74) is 4.61. The molecule has 8 heteroatoms. The van der Waals surface area contributed by atoms with Crippen molar-refractivity contribution in [2.45, 2.75) is 113 Å². The molecule has 1 heterocycles. The number of rotatable bonds is 11. The Hall–Kier alpha value is -4.39. The van der Waals surface area contributed by atoms with Crippen LogP contribution >= 0.6 is 0 Å². The van der Waals surface area contributed by atoms with Crippen molar-refractivity contribution in [1.29, 1.82) is 0 Å². The number of aliphatic hydroxyl groups excluding tert-OH is 1. The number of carbonyl (C=O) groups excluding carboxylic acids is 1. The molecule has 0 aliphatic carbocycles. The first-order valence-electron chi connectivity index (χ1n) is 20.6. The quantitative estimate of drug-likeness (QED) is 0.0608. The SMILES string of the molecule is CCC(CC)C(=O)/C=C(\O)C(CC)CC.Cc1nnc(-c2[c-]c3ccccc3c(C(C)(C)C)c2)cc1-c1ccc2c(ccc3cc(CC(C)(C)C(F)(F)F)ccc32)c1.[Ir]. The number of aliphatic hydroxyl groups is 1. The number of ketones is 1. The number of fused-ring (bicyclic) bond motifs is 4. The molecule has 1 N–H and O–H groups in total. The summed E-state index contributed by atoms with van der Waals surface area (Å²) in [6.07, 6.45) is 0.582. The minimum Gasteiger partial charge on any atom is -0.512 e. The Morgan fingerprint density at radius 2 is 1.34 bits per heavy atom. The zero-order valence-corrected chi connectivity index (χ0v) is 38.5. The van der Waals surface area contributed by atoms with Crippen LogP contribution in [0.4, 0.5) is 13.2 Å². The summed E-state index contributed by atoms with van der Waals surface area (Å²) in [5.74, 6) is 0.547. The molecule has 1 radical (unpaired) electrons. The first-order chi connectivity index (χ1) is 27.3. The molecule has 0 saturated heterocycles. The molecule has 6 rings (SSSR count). The molecule has 1 aromatic heterocycles. The van der Waals surface area contributed by atoms with Crippen molar-refractivity contribution >= 4 is 38.1 Å². The molecule has 4 nitrogen and oxygen atoms in total. The Morgan fingerprint density at radius 1 is 0.746 bits per heavy atom. The van der Waals surface area contributed by atoms with Crippen molar-refractivity contribution in [1.82, 2.24) is 10.2 Å². The maximum atomic E-state index is 13.5. The number of hydrogen-bond donors (Lipinski definition) is 1. The van der Waals surface area contributed by atoms with E-state index in [9.17, 15) is 23.1 Å². The second-order valence-corrected chi connectivity index (χ2v) is 17.2. The molecule has 0 amide bonds. The Balaban J connectivity index is 0.000000411. The summed E-state index contributed by atoms with van der Waals surface area (Å²) in [6, 6.07) is 32.2. The van der Waals surface area contributed by atoms with Crippen molar-refractivity contribution in [3.05, 3.63) is 120 Å². The number of halogens is 3. The van der Waals surface area contributed by atoms with Crippen LogP contribution in [0.1, 0.15) is 105 Å². The van der Waals surface area contributed by atoms with Crippen LogP contribution in [0, 0.1) is 30.2 Å². The zero-order chi connectivity index (χ0) is 42.6. The monoisotopic (exact) mass is 980 g/mol. The molecule has 0 aliphatic rings. The van der Waals surface area contributed by atoms with Crippen LogP contribution in [0.25, 0.3) is 54.7 Å². The Labute approximate surface area is 362 Å². The number of carbonyl (C=O) groups is 1. The molecule has 0 bridgehead atoms. The number of benzene rings is 5. The van der Waals surface area contributed by atoms with E-state index < -0.39 is 11.6 Å². The fourth-order valence-electron chi connectivity index (χ4n) is 7.65. The van der Waals surface area contributed by atoms with Gasteiger partial charge in [-0.25, -0.2) is 0 Å². The average molecular weight is 980 g/mol. The van der Waals surface area contributed by atoms with Gasteiger partial charge in [0.05, 0.1) is 16.9 Å². The molecule has 5 aromatic carbocycles. The maximum absolute atomic E-state index is 13.5. The van der Waals surface area contributed by atoms with E-state index in [0.29, 0.717) is 5.56 Å². The van der Waals surface area contributed by atoms with Crippen molar-refractivity contribution in [3.63, 3.8) is 0 Å². The molecular weight excluding hydrogens is 922 g/mol. The molecule has 0 spiro atoms. The maximum Gasteiger partial charge on any atom is 0.394 e. The molecule has 6 aromatic rings. The minimum atomic E-state index is -4.26. The molecular formula is C51H58F3IrN2O2-. The van der Waals surface area contributed by atoms with Gasteiger partial charge in [-0.1, -0.05) is 140 Å². The molecule has 0 atom stereocenters. The van der Waals surface area contributed by atoms with Gasteiger partial charge in [0.2, 0.25) is 0 Å². The summed E-state index contributed by atoms with van der Waals surface area (Å²) < 4.78 is 40.5. The van der Waals surface area contributed by atoms with Crippen LogP contribution in [0.2, 0.25) is 0 Å². The van der Waals surface area contributed by atoms with Gasteiger partial charge >= 0.3 is 6.18 Å². The number of hydrogen-bond acceptors (Lipinski definition) is 4. The van der Waals surface area contributed by atoms with Gasteiger partial charge in [-0.3, -0.25) is 4.79 Å². The van der Waals surface area contributed by atoms with Gasteiger partial charge in [0.15, 0.2) is 5.78 Å². The van der Waals surface area contributed by atoms with Gasteiger partial charge in [0.1, 0.15) is 0 Å². The first-order valence-corrected chi connectivity index (χ1v) is 20.6. The Bertz CT molecular complexity index is 2440. The van der Waals surface area contributed by atoms with Crippen LogP contribution in [0.5, 0.6) is 0 Å². The van der Waals surface area contributed by atoms with Gasteiger partial charge in [0, 0.05) is 43.7 Å². The summed E-state index contributed by atoms with van der Waals surface area (Å²) in [6.45, 7) is 19.2. The van der Waals surface area contributed by atoms with Crippen LogP contribution < -0.4 is 0 Å². The van der Waals surface area contributed by atoms with Crippen LogP contribution in [0.15, 0.2) is 96.8 Å². The van der Waals surface area contributed by atoms with E-state index in [1.165, 1.54) is 30.9 Å². The van der Waals surface area contributed by atoms with Crippen molar-refractivity contribution in [2.24, 2.45) is 17.3 Å². The van der Waals surface area contributed by atoms with Gasteiger partial charge in [-0.05, 0) is 88.7 Å². The summed E-state index contributed by atoms with van der Waals surface area (Å²) in [7, 11) is 0. The average Bonchev–Trinajstić information content (AvgIpc) is 3.17. The van der Waals surface area contributed by atoms with Crippen molar-refractivity contribution < 1.29 is 43.2 Å². The predicted octanol–water partition coefficient (Wildman–Crippen LogP) is 14.7. The third-order valence-electron chi connectivity index (χ3n) is 11.5. The summed E-state index contributed by atoms with van der Waals surface area (Å²) >= 11 is 0. The van der Waals surface area contributed by atoms with Crippen molar-refractivity contribution in [3.8, 4) is 22.4 Å². The zero-order valence-electron chi connectivity index (χ0n) is 36.1. The molecule has 59 heavy (non-hydrogen) atoms. The van der Waals surface area contributed by atoms with Crippen molar-refractivity contribution in [2.75, 3.05) is 0 Å². The third-order valence-corrected chi connectivity index (χ3v) is 11.5. The van der Waals surface area contributed by atoms with E-state index in [-0.39, 0.29) is 55.3 Å². The second kappa shape index (κ2) is 19.3. The smallest absolute Gasteiger partial charge is 0.394 e. The number of alkyl halides is 3. The third kappa shape index (κ3) is 10.9. The summed E-state index contributed by atoms with van der Waals surface area (Å²) in [5, 5.41) is 25.2. The van der Waals surface area contributed by atoms with Crippen LogP contribution in [-0.4, -0.2) is 27.3 Å². The topological polar surface area (TPSA) is 63.1 Å². The van der Waals surface area contributed by atoms with E-state index >= 15 is 0 Å². The summed E-state index contributed by atoms with van der Waals surface area (Å²) in [4.78, 5) is 11.7. The normalized spacial score (nSPS) is 12.6. The number of allylic oxidation sites excluding steroid dienone is 2. The van der Waals surface area contributed by atoms with Gasteiger partial charge in [-0.2, -0.15) is 23.4 Å². The number of nitrogens with zero attached hydrogens (tertiary/aromatic N) is 2. The largest absolute Gasteiger partial charge is 0.512 e. The van der Waals surface area contributed by atoms with Crippen LogP contribution in [0.3, 0.4) is 0 Å². The predicted molar refractivity (Wildman–Crippen MR) is 235 cm³/mol. The van der Waals surface area contributed by atoms with Gasteiger partial charge < -0.3 is 5.11 Å². The van der Waals surface area contributed by atoms with E-state index in [1.54, 1.807) is 0 Å². The molecule has 0 fully saturated rings. The molecule has 315 valence electrons.